The first-order chi connectivity index (χ1) is 10.5. The van der Waals surface area contributed by atoms with Gasteiger partial charge in [0.1, 0.15) is 11.9 Å². The van der Waals surface area contributed by atoms with Gasteiger partial charge in [-0.1, -0.05) is 22.0 Å². The Hall–Kier alpha value is -1.73. The molecule has 7 heteroatoms. The van der Waals surface area contributed by atoms with Gasteiger partial charge in [-0.15, -0.1) is 11.3 Å². The largest absolute Gasteiger partial charge is 0.350 e. The lowest BCUT2D eigenvalue weighted by Crippen LogP contribution is -2.44. The van der Waals surface area contributed by atoms with E-state index in [4.69, 9.17) is 0 Å². The van der Waals surface area contributed by atoms with Crippen LogP contribution in [0.15, 0.2) is 40.2 Å². The Labute approximate surface area is 139 Å². The number of rotatable bonds is 5. The lowest BCUT2D eigenvalue weighted by Gasteiger charge is -2.14. The average molecular weight is 385 g/mol. The van der Waals surface area contributed by atoms with Crippen LogP contribution in [0.4, 0.5) is 4.39 Å². The number of benzene rings is 1. The molecule has 116 valence electrons. The van der Waals surface area contributed by atoms with Gasteiger partial charge in [-0.2, -0.15) is 0 Å². The maximum atomic E-state index is 13.6. The Bertz CT molecular complexity index is 676. The van der Waals surface area contributed by atoms with E-state index in [0.29, 0.717) is 10.4 Å². The standard InChI is InChI=1S/C15H14BrFN2O2S/c1-9(19-15(21)13-3-2-6-22-13)14(20)18-8-10-7-11(16)4-5-12(10)17/h2-7,9H,8H2,1H3,(H,18,20)(H,19,21). The van der Waals surface area contributed by atoms with E-state index in [1.807, 2.05) is 0 Å². The van der Waals surface area contributed by atoms with Crippen LogP contribution < -0.4 is 10.6 Å². The number of carbonyl (C=O) groups excluding carboxylic acids is 2. The van der Waals surface area contributed by atoms with Crippen molar-refractivity contribution in [2.75, 3.05) is 0 Å². The smallest absolute Gasteiger partial charge is 0.261 e. The molecular weight excluding hydrogens is 371 g/mol. The number of nitrogens with one attached hydrogen (secondary N) is 2. The molecule has 1 heterocycles. The van der Waals surface area contributed by atoms with Gasteiger partial charge in [0, 0.05) is 16.6 Å². The molecule has 0 aliphatic heterocycles. The fraction of sp³-hybridized carbons (Fsp3) is 0.200. The molecule has 1 unspecified atom stereocenters. The first-order valence-corrected chi connectivity index (χ1v) is 8.20. The third-order valence-corrected chi connectivity index (χ3v) is 4.31. The van der Waals surface area contributed by atoms with Crippen molar-refractivity contribution in [2.24, 2.45) is 0 Å². The van der Waals surface area contributed by atoms with Crippen molar-refractivity contribution < 1.29 is 14.0 Å². The molecule has 1 atom stereocenters. The van der Waals surface area contributed by atoms with Crippen LogP contribution >= 0.6 is 27.3 Å². The SMILES string of the molecule is CC(NC(=O)c1cccs1)C(=O)NCc1cc(Br)ccc1F. The van der Waals surface area contributed by atoms with E-state index in [9.17, 15) is 14.0 Å². The van der Waals surface area contributed by atoms with E-state index in [0.717, 1.165) is 4.47 Å². The number of halogens is 2. The zero-order chi connectivity index (χ0) is 16.1. The number of thiophene rings is 1. The van der Waals surface area contributed by atoms with E-state index >= 15 is 0 Å². The Morgan fingerprint density at radius 2 is 2.14 bits per heavy atom. The molecule has 0 aliphatic rings. The predicted octanol–water partition coefficient (Wildman–Crippen LogP) is 3.08. The summed E-state index contributed by atoms with van der Waals surface area (Å²) in [6.07, 6.45) is 0. The highest BCUT2D eigenvalue weighted by Gasteiger charge is 2.17. The van der Waals surface area contributed by atoms with Crippen molar-refractivity contribution in [3.05, 3.63) is 56.4 Å². The molecule has 0 bridgehead atoms. The summed E-state index contributed by atoms with van der Waals surface area (Å²) < 4.78 is 14.3. The van der Waals surface area contributed by atoms with Crippen LogP contribution in [0.2, 0.25) is 0 Å². The molecule has 0 saturated carbocycles. The number of amides is 2. The molecule has 22 heavy (non-hydrogen) atoms. The monoisotopic (exact) mass is 384 g/mol. The maximum Gasteiger partial charge on any atom is 0.261 e. The second-order valence-electron chi connectivity index (χ2n) is 4.63. The highest BCUT2D eigenvalue weighted by molar-refractivity contribution is 9.10. The summed E-state index contributed by atoms with van der Waals surface area (Å²) in [7, 11) is 0. The fourth-order valence-corrected chi connectivity index (χ4v) is 2.79. The fourth-order valence-electron chi connectivity index (χ4n) is 1.76. The lowest BCUT2D eigenvalue weighted by molar-refractivity contribution is -0.122. The maximum absolute atomic E-state index is 13.6. The molecule has 0 aliphatic carbocycles. The Balaban J connectivity index is 1.89. The summed E-state index contributed by atoms with van der Waals surface area (Å²) in [5.41, 5.74) is 0.375. The first kappa shape index (κ1) is 16.6. The third kappa shape index (κ3) is 4.38. The van der Waals surface area contributed by atoms with E-state index < -0.39 is 11.9 Å². The van der Waals surface area contributed by atoms with Crippen molar-refractivity contribution in [1.82, 2.24) is 10.6 Å². The van der Waals surface area contributed by atoms with Crippen LogP contribution in [0.3, 0.4) is 0 Å². The zero-order valence-corrected chi connectivity index (χ0v) is 14.1. The van der Waals surface area contributed by atoms with E-state index in [1.165, 1.54) is 17.4 Å². The molecule has 1 aromatic heterocycles. The van der Waals surface area contributed by atoms with Crippen LogP contribution in [0.5, 0.6) is 0 Å². The Morgan fingerprint density at radius 3 is 2.82 bits per heavy atom. The Kier molecular flexibility index (Phi) is 5.68. The molecule has 4 nitrogen and oxygen atoms in total. The first-order valence-electron chi connectivity index (χ1n) is 6.53. The summed E-state index contributed by atoms with van der Waals surface area (Å²) in [6, 6.07) is 7.26. The molecule has 0 radical (unpaired) electrons. The quantitative estimate of drug-likeness (QED) is 0.831. The van der Waals surface area contributed by atoms with Crippen molar-refractivity contribution in [2.45, 2.75) is 19.5 Å². The highest BCUT2D eigenvalue weighted by atomic mass is 79.9. The molecule has 2 rings (SSSR count). The topological polar surface area (TPSA) is 58.2 Å². The van der Waals surface area contributed by atoms with Crippen LogP contribution in [0.25, 0.3) is 0 Å². The molecule has 2 N–H and O–H groups in total. The third-order valence-electron chi connectivity index (χ3n) is 2.95. The van der Waals surface area contributed by atoms with Crippen LogP contribution in [-0.2, 0) is 11.3 Å². The molecule has 0 spiro atoms. The second kappa shape index (κ2) is 7.51. The number of carbonyl (C=O) groups is 2. The minimum absolute atomic E-state index is 0.0588. The molecule has 2 aromatic rings. The predicted molar refractivity (Wildman–Crippen MR) is 87.2 cm³/mol. The highest BCUT2D eigenvalue weighted by Crippen LogP contribution is 2.15. The van der Waals surface area contributed by atoms with Crippen LogP contribution in [0, 0.1) is 5.82 Å². The zero-order valence-electron chi connectivity index (χ0n) is 11.7. The molecule has 0 saturated heterocycles. The minimum Gasteiger partial charge on any atom is -0.350 e. The second-order valence-corrected chi connectivity index (χ2v) is 6.49. The summed E-state index contributed by atoms with van der Waals surface area (Å²) in [5, 5.41) is 6.99. The van der Waals surface area contributed by atoms with Gasteiger partial charge in [0.2, 0.25) is 5.91 Å². The summed E-state index contributed by atoms with van der Waals surface area (Å²) in [6.45, 7) is 1.64. The number of hydrogen-bond donors (Lipinski definition) is 2. The van der Waals surface area contributed by atoms with Crippen LogP contribution in [0.1, 0.15) is 22.2 Å². The molecule has 0 fully saturated rings. The van der Waals surface area contributed by atoms with Gasteiger partial charge >= 0.3 is 0 Å². The minimum atomic E-state index is -0.704. The summed E-state index contributed by atoms with van der Waals surface area (Å²) in [5.74, 6) is -1.06. The van der Waals surface area contributed by atoms with Gasteiger partial charge in [-0.3, -0.25) is 9.59 Å². The van der Waals surface area contributed by atoms with Gasteiger partial charge in [-0.05, 0) is 36.6 Å². The van der Waals surface area contributed by atoms with Crippen molar-refractivity contribution >= 4 is 39.1 Å². The normalized spacial score (nSPS) is 11.8. The Morgan fingerprint density at radius 1 is 1.36 bits per heavy atom. The van der Waals surface area contributed by atoms with Gasteiger partial charge in [0.05, 0.1) is 4.88 Å². The molecule has 1 aromatic carbocycles. The van der Waals surface area contributed by atoms with Crippen LogP contribution in [-0.4, -0.2) is 17.9 Å². The van der Waals surface area contributed by atoms with Gasteiger partial charge in [0.25, 0.3) is 5.91 Å². The molecular formula is C15H14BrFN2O2S. The van der Waals surface area contributed by atoms with E-state index in [-0.39, 0.29) is 18.4 Å². The van der Waals surface area contributed by atoms with Crippen molar-refractivity contribution in [3.8, 4) is 0 Å². The summed E-state index contributed by atoms with van der Waals surface area (Å²) >= 11 is 4.55. The molecule has 2 amide bonds. The average Bonchev–Trinajstić information content (AvgIpc) is 3.02. The van der Waals surface area contributed by atoms with Gasteiger partial charge < -0.3 is 10.6 Å². The van der Waals surface area contributed by atoms with E-state index in [2.05, 4.69) is 26.6 Å². The number of hydrogen-bond acceptors (Lipinski definition) is 3. The van der Waals surface area contributed by atoms with Gasteiger partial charge in [0.15, 0.2) is 0 Å². The van der Waals surface area contributed by atoms with E-state index in [1.54, 1.807) is 36.6 Å². The summed E-state index contributed by atoms with van der Waals surface area (Å²) in [4.78, 5) is 24.3. The lowest BCUT2D eigenvalue weighted by atomic mass is 10.2. The van der Waals surface area contributed by atoms with Gasteiger partial charge in [-0.25, -0.2) is 4.39 Å². The van der Waals surface area contributed by atoms with Crippen molar-refractivity contribution in [3.63, 3.8) is 0 Å². The van der Waals surface area contributed by atoms with Crippen molar-refractivity contribution in [1.29, 1.82) is 0 Å².